The van der Waals surface area contributed by atoms with Crippen LogP contribution in [0.25, 0.3) is 0 Å². The van der Waals surface area contributed by atoms with Gasteiger partial charge in [0.05, 0.1) is 11.4 Å². The normalized spacial score (nSPS) is 15.0. The summed E-state index contributed by atoms with van der Waals surface area (Å²) in [5, 5.41) is 3.19. The molecule has 8 heteroatoms. The molecule has 1 heterocycles. The van der Waals surface area contributed by atoms with Crippen molar-refractivity contribution in [2.75, 3.05) is 23.7 Å². The van der Waals surface area contributed by atoms with Gasteiger partial charge in [0.1, 0.15) is 4.90 Å². The summed E-state index contributed by atoms with van der Waals surface area (Å²) in [6.07, 6.45) is 0.751. The molecule has 3 rings (SSSR count). The Balaban J connectivity index is 1.60. The fourth-order valence-electron chi connectivity index (χ4n) is 2.78. The molecule has 0 bridgehead atoms. The fourth-order valence-corrected chi connectivity index (χ4v) is 5.13. The number of nitrogens with one attached hydrogen (secondary N) is 1. The molecule has 1 aliphatic rings. The van der Waals surface area contributed by atoms with Crippen molar-refractivity contribution in [2.24, 2.45) is 4.40 Å². The van der Waals surface area contributed by atoms with Crippen molar-refractivity contribution in [3.05, 3.63) is 60.2 Å². The number of benzene rings is 2. The zero-order valence-electron chi connectivity index (χ0n) is 15.0. The van der Waals surface area contributed by atoms with Crippen molar-refractivity contribution in [1.29, 1.82) is 0 Å². The summed E-state index contributed by atoms with van der Waals surface area (Å²) in [6, 6.07) is 16.7. The third-order valence-electron chi connectivity index (χ3n) is 4.09. The molecule has 0 atom stereocenters. The standard InChI is InChI=1S/C19H21N3O3S2/c1-2-22-16-10-6-7-11-17(16)27(24,25)21-19(22)26-14-18(23)20-13-12-15-8-4-3-5-9-15/h3-11H,2,12-14H2,1H3,(H,20,23). The van der Waals surface area contributed by atoms with Crippen LogP contribution < -0.4 is 10.2 Å². The highest BCUT2D eigenvalue weighted by molar-refractivity contribution is 8.15. The molecule has 0 aromatic heterocycles. The van der Waals surface area contributed by atoms with E-state index in [-0.39, 0.29) is 16.6 Å². The van der Waals surface area contributed by atoms with Crippen LogP contribution in [-0.4, -0.2) is 38.3 Å². The van der Waals surface area contributed by atoms with Crippen LogP contribution in [0.15, 0.2) is 63.9 Å². The lowest BCUT2D eigenvalue weighted by molar-refractivity contribution is -0.118. The average molecular weight is 404 g/mol. The number of anilines is 1. The van der Waals surface area contributed by atoms with Gasteiger partial charge in [0.15, 0.2) is 5.17 Å². The van der Waals surface area contributed by atoms with Gasteiger partial charge in [0.25, 0.3) is 10.0 Å². The minimum atomic E-state index is -3.74. The number of amidine groups is 1. The number of nitrogens with zero attached hydrogens (tertiary/aromatic N) is 2. The Morgan fingerprint density at radius 1 is 1.11 bits per heavy atom. The second-order valence-electron chi connectivity index (χ2n) is 5.94. The summed E-state index contributed by atoms with van der Waals surface area (Å²) in [6.45, 7) is 3.02. The minimum Gasteiger partial charge on any atom is -0.355 e. The lowest BCUT2D eigenvalue weighted by Gasteiger charge is -2.29. The Morgan fingerprint density at radius 2 is 1.81 bits per heavy atom. The molecule has 0 unspecified atom stereocenters. The second-order valence-corrected chi connectivity index (χ2v) is 8.45. The number of rotatable bonds is 6. The molecule has 27 heavy (non-hydrogen) atoms. The summed E-state index contributed by atoms with van der Waals surface area (Å²) >= 11 is 1.14. The first kappa shape index (κ1) is 19.4. The predicted molar refractivity (Wildman–Crippen MR) is 110 cm³/mol. The first-order chi connectivity index (χ1) is 13.0. The number of sulfonamides is 1. The van der Waals surface area contributed by atoms with Crippen LogP contribution in [0.3, 0.4) is 0 Å². The molecular formula is C19H21N3O3S2. The van der Waals surface area contributed by atoms with E-state index in [0.29, 0.717) is 23.9 Å². The topological polar surface area (TPSA) is 78.8 Å². The van der Waals surface area contributed by atoms with Gasteiger partial charge in [-0.25, -0.2) is 0 Å². The van der Waals surface area contributed by atoms with E-state index in [2.05, 4.69) is 9.71 Å². The Morgan fingerprint density at radius 3 is 2.56 bits per heavy atom. The van der Waals surface area contributed by atoms with E-state index in [1.807, 2.05) is 42.2 Å². The summed E-state index contributed by atoms with van der Waals surface area (Å²) in [5.41, 5.74) is 1.75. The quantitative estimate of drug-likeness (QED) is 0.802. The molecular weight excluding hydrogens is 382 g/mol. The Hall–Kier alpha value is -2.32. The maximum atomic E-state index is 12.4. The van der Waals surface area contributed by atoms with E-state index in [4.69, 9.17) is 0 Å². The average Bonchev–Trinajstić information content (AvgIpc) is 2.67. The van der Waals surface area contributed by atoms with Crippen molar-refractivity contribution in [1.82, 2.24) is 5.32 Å². The third-order valence-corrected chi connectivity index (χ3v) is 6.50. The summed E-state index contributed by atoms with van der Waals surface area (Å²) < 4.78 is 28.7. The van der Waals surface area contributed by atoms with Gasteiger partial charge >= 0.3 is 0 Å². The minimum absolute atomic E-state index is 0.113. The number of amides is 1. The lowest BCUT2D eigenvalue weighted by atomic mass is 10.1. The van der Waals surface area contributed by atoms with E-state index in [9.17, 15) is 13.2 Å². The second kappa shape index (κ2) is 8.58. The van der Waals surface area contributed by atoms with Gasteiger partial charge in [-0.1, -0.05) is 54.2 Å². The highest BCUT2D eigenvalue weighted by atomic mass is 32.2. The van der Waals surface area contributed by atoms with Crippen molar-refractivity contribution < 1.29 is 13.2 Å². The van der Waals surface area contributed by atoms with E-state index < -0.39 is 10.0 Å². The monoisotopic (exact) mass is 403 g/mol. The van der Waals surface area contributed by atoms with Crippen LogP contribution in [0.4, 0.5) is 5.69 Å². The first-order valence-corrected chi connectivity index (χ1v) is 11.1. The smallest absolute Gasteiger partial charge is 0.286 e. The molecule has 1 aliphatic heterocycles. The van der Waals surface area contributed by atoms with Crippen molar-refractivity contribution in [3.8, 4) is 0 Å². The molecule has 2 aromatic rings. The largest absolute Gasteiger partial charge is 0.355 e. The summed E-state index contributed by atoms with van der Waals surface area (Å²) in [7, 11) is -3.74. The molecule has 0 radical (unpaired) electrons. The zero-order valence-corrected chi connectivity index (χ0v) is 16.6. The lowest BCUT2D eigenvalue weighted by Crippen LogP contribution is -2.35. The highest BCUT2D eigenvalue weighted by Crippen LogP contribution is 2.33. The maximum Gasteiger partial charge on any atom is 0.286 e. The molecule has 0 spiro atoms. The molecule has 1 amide bonds. The Labute approximate surface area is 163 Å². The first-order valence-electron chi connectivity index (χ1n) is 8.66. The molecule has 0 saturated carbocycles. The van der Waals surface area contributed by atoms with Crippen LogP contribution in [0.1, 0.15) is 12.5 Å². The number of hydrogen-bond acceptors (Lipinski definition) is 5. The van der Waals surface area contributed by atoms with Crippen molar-refractivity contribution in [2.45, 2.75) is 18.2 Å². The number of carbonyl (C=O) groups is 1. The van der Waals surface area contributed by atoms with E-state index in [0.717, 1.165) is 23.7 Å². The van der Waals surface area contributed by atoms with Crippen LogP contribution in [0.2, 0.25) is 0 Å². The van der Waals surface area contributed by atoms with Crippen LogP contribution >= 0.6 is 11.8 Å². The van der Waals surface area contributed by atoms with Gasteiger partial charge in [-0.3, -0.25) is 4.79 Å². The molecule has 0 fully saturated rings. The van der Waals surface area contributed by atoms with Crippen molar-refractivity contribution in [3.63, 3.8) is 0 Å². The molecule has 0 saturated heterocycles. The van der Waals surface area contributed by atoms with Gasteiger partial charge in [0.2, 0.25) is 5.91 Å². The van der Waals surface area contributed by atoms with Gasteiger partial charge in [-0.15, -0.1) is 4.40 Å². The van der Waals surface area contributed by atoms with Gasteiger partial charge in [-0.05, 0) is 31.0 Å². The van der Waals surface area contributed by atoms with Gasteiger partial charge in [0, 0.05) is 13.1 Å². The van der Waals surface area contributed by atoms with E-state index >= 15 is 0 Å². The third kappa shape index (κ3) is 4.70. The van der Waals surface area contributed by atoms with Gasteiger partial charge in [-0.2, -0.15) is 8.42 Å². The molecule has 2 aromatic carbocycles. The Kier molecular flexibility index (Phi) is 6.18. The van der Waals surface area contributed by atoms with Crippen LogP contribution in [0.5, 0.6) is 0 Å². The predicted octanol–water partition coefficient (Wildman–Crippen LogP) is 2.66. The van der Waals surface area contributed by atoms with Crippen LogP contribution in [0, 0.1) is 0 Å². The molecule has 142 valence electrons. The van der Waals surface area contributed by atoms with E-state index in [1.54, 1.807) is 24.3 Å². The number of hydrogen-bond donors (Lipinski definition) is 1. The molecule has 0 aliphatic carbocycles. The maximum absolute atomic E-state index is 12.4. The van der Waals surface area contributed by atoms with Gasteiger partial charge < -0.3 is 10.2 Å². The SMILES string of the molecule is CCN1C(SCC(=O)NCCc2ccccc2)=NS(=O)(=O)c2ccccc21. The summed E-state index contributed by atoms with van der Waals surface area (Å²) in [4.78, 5) is 14.1. The Bertz CT molecular complexity index is 944. The van der Waals surface area contributed by atoms with Crippen molar-refractivity contribution >= 4 is 38.5 Å². The summed E-state index contributed by atoms with van der Waals surface area (Å²) in [5.74, 6) is -0.0344. The van der Waals surface area contributed by atoms with Crippen LogP contribution in [-0.2, 0) is 21.2 Å². The fraction of sp³-hybridized carbons (Fsp3) is 0.263. The number of carbonyl (C=O) groups excluding carboxylic acids is 1. The molecule has 6 nitrogen and oxygen atoms in total. The zero-order chi connectivity index (χ0) is 19.3. The number of thioether (sulfide) groups is 1. The molecule has 1 N–H and O–H groups in total. The number of para-hydroxylation sites is 1. The number of fused-ring (bicyclic) bond motifs is 1. The highest BCUT2D eigenvalue weighted by Gasteiger charge is 2.30. The van der Waals surface area contributed by atoms with E-state index in [1.165, 1.54) is 0 Å².